The van der Waals surface area contributed by atoms with E-state index in [1.807, 2.05) is 13.8 Å². The number of carbonyl (C=O) groups is 2. The van der Waals surface area contributed by atoms with E-state index in [4.69, 9.17) is 9.84 Å². The highest BCUT2D eigenvalue weighted by molar-refractivity contribution is 6.03. The predicted octanol–water partition coefficient (Wildman–Crippen LogP) is 6.32. The van der Waals surface area contributed by atoms with E-state index in [1.165, 1.54) is 43.4 Å². The van der Waals surface area contributed by atoms with Crippen LogP contribution in [0.15, 0.2) is 12.7 Å². The summed E-state index contributed by atoms with van der Waals surface area (Å²) in [5.74, 6) is -0.117. The second kappa shape index (κ2) is 16.3. The van der Waals surface area contributed by atoms with E-state index in [0.29, 0.717) is 31.6 Å². The minimum atomic E-state index is -0.598. The number of urea groups is 1. The topological polar surface area (TPSA) is 70.1 Å². The molecule has 1 aliphatic rings. The van der Waals surface area contributed by atoms with Crippen molar-refractivity contribution in [3.63, 3.8) is 0 Å². The SMILES string of the molecule is C=CC(CC)(CCCCOCCCCC(CC)(CC)CCCCCO)N1C(=O)CN(CC)C1=O. The number of ether oxygens (including phenoxy) is 1. The van der Waals surface area contributed by atoms with E-state index >= 15 is 0 Å². The average molecular weight is 481 g/mol. The van der Waals surface area contributed by atoms with E-state index in [9.17, 15) is 9.59 Å². The highest BCUT2D eigenvalue weighted by atomic mass is 16.5. The van der Waals surface area contributed by atoms with Crippen LogP contribution in [-0.4, -0.2) is 65.3 Å². The predicted molar refractivity (Wildman–Crippen MR) is 140 cm³/mol. The van der Waals surface area contributed by atoms with Crippen molar-refractivity contribution in [1.82, 2.24) is 9.80 Å². The van der Waals surface area contributed by atoms with Crippen LogP contribution < -0.4 is 0 Å². The highest BCUT2D eigenvalue weighted by Crippen LogP contribution is 2.38. The van der Waals surface area contributed by atoms with Crippen molar-refractivity contribution >= 4 is 11.9 Å². The van der Waals surface area contributed by atoms with Crippen molar-refractivity contribution in [2.75, 3.05) is 32.9 Å². The van der Waals surface area contributed by atoms with Gasteiger partial charge in [-0.15, -0.1) is 6.58 Å². The van der Waals surface area contributed by atoms with E-state index < -0.39 is 5.54 Å². The van der Waals surface area contributed by atoms with Gasteiger partial charge in [0.1, 0.15) is 6.54 Å². The van der Waals surface area contributed by atoms with Crippen molar-refractivity contribution in [3.8, 4) is 0 Å². The molecule has 0 spiro atoms. The monoisotopic (exact) mass is 480 g/mol. The first-order valence-corrected chi connectivity index (χ1v) is 13.8. The number of aliphatic hydroxyl groups excluding tert-OH is 1. The first-order valence-electron chi connectivity index (χ1n) is 13.8. The number of imide groups is 1. The molecule has 3 amide bonds. The van der Waals surface area contributed by atoms with E-state index in [0.717, 1.165) is 45.1 Å². The van der Waals surface area contributed by atoms with Gasteiger partial charge in [-0.3, -0.25) is 9.69 Å². The fraction of sp³-hybridized carbons (Fsp3) is 0.857. The van der Waals surface area contributed by atoms with Gasteiger partial charge in [-0.25, -0.2) is 4.79 Å². The normalized spacial score (nSPS) is 16.4. The van der Waals surface area contributed by atoms with Crippen LogP contribution in [-0.2, 0) is 9.53 Å². The molecule has 1 aliphatic heterocycles. The summed E-state index contributed by atoms with van der Waals surface area (Å²) in [6.07, 6.45) is 15.6. The Balaban J connectivity index is 2.32. The number of nitrogens with zero attached hydrogens (tertiary/aromatic N) is 2. The molecule has 6 heteroatoms. The van der Waals surface area contributed by atoms with Gasteiger partial charge in [0.15, 0.2) is 0 Å². The quantitative estimate of drug-likeness (QED) is 0.118. The number of carbonyl (C=O) groups excluding carboxylic acids is 2. The molecule has 34 heavy (non-hydrogen) atoms. The van der Waals surface area contributed by atoms with E-state index in [-0.39, 0.29) is 18.5 Å². The second-order valence-electron chi connectivity index (χ2n) is 9.96. The first-order chi connectivity index (χ1) is 16.4. The molecule has 0 radical (unpaired) electrons. The lowest BCUT2D eigenvalue weighted by Crippen LogP contribution is -2.50. The zero-order valence-corrected chi connectivity index (χ0v) is 22.6. The van der Waals surface area contributed by atoms with Crippen LogP contribution in [0.2, 0.25) is 0 Å². The summed E-state index contributed by atoms with van der Waals surface area (Å²) in [5.41, 5.74) is -0.152. The molecule has 1 rings (SSSR count). The Morgan fingerprint density at radius 2 is 1.47 bits per heavy atom. The molecule has 198 valence electrons. The molecule has 1 N–H and O–H groups in total. The lowest BCUT2D eigenvalue weighted by Gasteiger charge is -2.37. The Labute approximate surface area is 209 Å². The van der Waals surface area contributed by atoms with E-state index in [1.54, 1.807) is 11.0 Å². The van der Waals surface area contributed by atoms with Gasteiger partial charge in [0.25, 0.3) is 5.91 Å². The standard InChI is InChI=1S/C28H52N2O4/c1-6-27(7-2,18-12-11-15-21-31)19-13-16-22-34-23-17-14-20-28(8-3,9-4)30-25(32)24-29(10-5)26(30)33/h8,31H,3,6-7,9-24H2,1-2,4-5H3. The van der Waals surface area contributed by atoms with Crippen molar-refractivity contribution in [1.29, 1.82) is 0 Å². The lowest BCUT2D eigenvalue weighted by atomic mass is 9.74. The fourth-order valence-electron chi connectivity index (χ4n) is 5.33. The lowest BCUT2D eigenvalue weighted by molar-refractivity contribution is -0.128. The van der Waals surface area contributed by atoms with Gasteiger partial charge >= 0.3 is 6.03 Å². The molecule has 1 heterocycles. The number of amides is 3. The zero-order valence-electron chi connectivity index (χ0n) is 22.6. The molecule has 1 unspecified atom stereocenters. The second-order valence-corrected chi connectivity index (χ2v) is 9.96. The minimum absolute atomic E-state index is 0.117. The number of likely N-dealkylation sites (N-methyl/N-ethyl adjacent to an activating group) is 1. The fourth-order valence-corrected chi connectivity index (χ4v) is 5.33. The number of hydrogen-bond donors (Lipinski definition) is 1. The molecule has 0 saturated carbocycles. The zero-order chi connectivity index (χ0) is 25.5. The molecule has 0 aliphatic carbocycles. The third kappa shape index (κ3) is 8.67. The summed E-state index contributed by atoms with van der Waals surface area (Å²) in [7, 11) is 0. The molecule has 0 bridgehead atoms. The third-order valence-corrected chi connectivity index (χ3v) is 8.12. The van der Waals surface area contributed by atoms with Crippen LogP contribution in [0.1, 0.15) is 111 Å². The van der Waals surface area contributed by atoms with E-state index in [2.05, 4.69) is 20.4 Å². The summed E-state index contributed by atoms with van der Waals surface area (Å²) < 4.78 is 5.90. The summed E-state index contributed by atoms with van der Waals surface area (Å²) >= 11 is 0. The number of hydrogen-bond acceptors (Lipinski definition) is 4. The molecule has 0 aromatic heterocycles. The van der Waals surface area contributed by atoms with Crippen LogP contribution in [0.3, 0.4) is 0 Å². The Morgan fingerprint density at radius 3 is 1.94 bits per heavy atom. The van der Waals surface area contributed by atoms with Crippen molar-refractivity contribution in [3.05, 3.63) is 12.7 Å². The van der Waals surface area contributed by atoms with Crippen LogP contribution in [0, 0.1) is 5.41 Å². The minimum Gasteiger partial charge on any atom is -0.396 e. The van der Waals surface area contributed by atoms with Gasteiger partial charge in [0.2, 0.25) is 0 Å². The Bertz CT molecular complexity index is 605. The maximum atomic E-state index is 12.7. The van der Waals surface area contributed by atoms with Gasteiger partial charge in [-0.1, -0.05) is 59.0 Å². The maximum absolute atomic E-state index is 12.7. The van der Waals surface area contributed by atoms with Gasteiger partial charge in [-0.05, 0) is 63.7 Å². The average Bonchev–Trinajstić information content (AvgIpc) is 3.15. The number of unbranched alkanes of at least 4 members (excludes halogenated alkanes) is 4. The molecule has 1 fully saturated rings. The molecule has 1 atom stereocenters. The summed E-state index contributed by atoms with van der Waals surface area (Å²) in [4.78, 5) is 28.3. The molecular formula is C28H52N2O4. The van der Waals surface area contributed by atoms with Gasteiger partial charge in [0, 0.05) is 26.4 Å². The smallest absolute Gasteiger partial charge is 0.327 e. The number of aliphatic hydroxyl groups is 1. The molecule has 0 aromatic carbocycles. The van der Waals surface area contributed by atoms with Crippen molar-refractivity contribution in [2.45, 2.75) is 117 Å². The Morgan fingerprint density at radius 1 is 0.882 bits per heavy atom. The third-order valence-electron chi connectivity index (χ3n) is 8.12. The van der Waals surface area contributed by atoms with Crippen molar-refractivity contribution in [2.24, 2.45) is 5.41 Å². The highest BCUT2D eigenvalue weighted by Gasteiger charge is 2.46. The van der Waals surface area contributed by atoms with Crippen LogP contribution in [0.25, 0.3) is 0 Å². The molecule has 6 nitrogen and oxygen atoms in total. The van der Waals surface area contributed by atoms with Gasteiger partial charge < -0.3 is 14.7 Å². The molecular weight excluding hydrogens is 428 g/mol. The largest absolute Gasteiger partial charge is 0.396 e. The summed E-state index contributed by atoms with van der Waals surface area (Å²) in [5, 5.41) is 8.99. The van der Waals surface area contributed by atoms with Gasteiger partial charge in [-0.2, -0.15) is 0 Å². The Kier molecular flexibility index (Phi) is 14.7. The number of rotatable bonds is 21. The van der Waals surface area contributed by atoms with Gasteiger partial charge in [0.05, 0.1) is 5.54 Å². The first kappa shape index (κ1) is 30.6. The Hall–Kier alpha value is -1.40. The summed E-state index contributed by atoms with van der Waals surface area (Å²) in [6, 6.07) is -0.186. The van der Waals surface area contributed by atoms with Crippen LogP contribution in [0.4, 0.5) is 4.79 Å². The summed E-state index contributed by atoms with van der Waals surface area (Å²) in [6.45, 7) is 15.1. The van der Waals surface area contributed by atoms with Crippen molar-refractivity contribution < 1.29 is 19.4 Å². The van der Waals surface area contributed by atoms with Crippen LogP contribution >= 0.6 is 0 Å². The maximum Gasteiger partial charge on any atom is 0.327 e. The molecule has 0 aromatic rings. The van der Waals surface area contributed by atoms with Crippen LogP contribution in [0.5, 0.6) is 0 Å². The molecule has 1 saturated heterocycles.